The smallest absolute Gasteiger partial charge is 0.326 e. The van der Waals surface area contributed by atoms with Gasteiger partial charge in [0.05, 0.1) is 24.6 Å². The number of methoxy groups -OCH3 is 1. The number of imide groups is 1. The molecule has 1 N–H and O–H groups in total. The first-order valence-corrected chi connectivity index (χ1v) is 9.65. The van der Waals surface area contributed by atoms with Crippen molar-refractivity contribution < 1.29 is 19.1 Å². The topological polar surface area (TPSA) is 75.7 Å². The van der Waals surface area contributed by atoms with E-state index in [9.17, 15) is 14.4 Å². The molecule has 150 valence electrons. The molecule has 0 radical (unpaired) electrons. The summed E-state index contributed by atoms with van der Waals surface area (Å²) in [6.07, 6.45) is 0. The van der Waals surface area contributed by atoms with E-state index >= 15 is 0 Å². The van der Waals surface area contributed by atoms with E-state index in [0.29, 0.717) is 5.69 Å². The van der Waals surface area contributed by atoms with Gasteiger partial charge in [-0.15, -0.1) is 0 Å². The van der Waals surface area contributed by atoms with Gasteiger partial charge in [-0.2, -0.15) is 0 Å². The van der Waals surface area contributed by atoms with Gasteiger partial charge in [0, 0.05) is 6.04 Å². The first-order valence-electron chi connectivity index (χ1n) is 9.65. The Bertz CT molecular complexity index is 1000. The van der Waals surface area contributed by atoms with Crippen molar-refractivity contribution in [2.75, 3.05) is 12.0 Å². The fourth-order valence-corrected chi connectivity index (χ4v) is 4.64. The number of amides is 2. The zero-order valence-electron chi connectivity index (χ0n) is 16.9. The van der Waals surface area contributed by atoms with Crippen molar-refractivity contribution in [3.63, 3.8) is 0 Å². The van der Waals surface area contributed by atoms with Gasteiger partial charge in [0.15, 0.2) is 0 Å². The maximum atomic E-state index is 13.5. The Labute approximate surface area is 169 Å². The van der Waals surface area contributed by atoms with E-state index in [1.54, 1.807) is 19.1 Å². The number of anilines is 1. The molecule has 4 atom stereocenters. The number of fused-ring (bicyclic) bond motifs is 1. The zero-order valence-corrected chi connectivity index (χ0v) is 16.9. The molecule has 0 spiro atoms. The lowest BCUT2D eigenvalue weighted by Gasteiger charge is -2.28. The summed E-state index contributed by atoms with van der Waals surface area (Å²) in [7, 11) is 1.29. The molecular weight excluding hydrogens is 368 g/mol. The lowest BCUT2D eigenvalue weighted by Crippen LogP contribution is -2.54. The Balaban J connectivity index is 1.83. The number of nitrogens with one attached hydrogen (secondary N) is 1. The first kappa shape index (κ1) is 19.3. The molecule has 0 bridgehead atoms. The van der Waals surface area contributed by atoms with Gasteiger partial charge in [-0.05, 0) is 38.5 Å². The van der Waals surface area contributed by atoms with Crippen LogP contribution >= 0.6 is 0 Å². The molecule has 2 saturated heterocycles. The summed E-state index contributed by atoms with van der Waals surface area (Å²) < 4.78 is 5.01. The molecule has 2 aromatic rings. The number of hydrogen-bond acceptors (Lipinski definition) is 5. The fourth-order valence-electron chi connectivity index (χ4n) is 4.64. The van der Waals surface area contributed by atoms with Crippen molar-refractivity contribution in [2.45, 2.75) is 32.4 Å². The van der Waals surface area contributed by atoms with Gasteiger partial charge < -0.3 is 4.74 Å². The molecule has 2 aromatic carbocycles. The monoisotopic (exact) mass is 392 g/mol. The highest BCUT2D eigenvalue weighted by Gasteiger charge is 2.67. The second-order valence-corrected chi connectivity index (χ2v) is 8.08. The Morgan fingerprint density at radius 1 is 1.03 bits per heavy atom. The third-order valence-electron chi connectivity index (χ3n) is 6.09. The largest absolute Gasteiger partial charge is 0.468 e. The van der Waals surface area contributed by atoms with Crippen LogP contribution in [0.15, 0.2) is 48.5 Å². The maximum Gasteiger partial charge on any atom is 0.326 e. The molecule has 0 aromatic heterocycles. The highest BCUT2D eigenvalue weighted by molar-refractivity contribution is 6.24. The van der Waals surface area contributed by atoms with Crippen LogP contribution in [-0.2, 0) is 19.1 Å². The minimum atomic E-state index is -1.29. The molecule has 2 aliphatic rings. The molecule has 2 amide bonds. The third kappa shape index (κ3) is 2.86. The highest BCUT2D eigenvalue weighted by Crippen LogP contribution is 2.50. The van der Waals surface area contributed by atoms with Gasteiger partial charge in [-0.3, -0.25) is 19.7 Å². The average Bonchev–Trinajstić information content (AvgIpc) is 3.16. The van der Waals surface area contributed by atoms with Crippen LogP contribution < -0.4 is 10.2 Å². The van der Waals surface area contributed by atoms with Crippen LogP contribution in [0.4, 0.5) is 5.69 Å². The normalized spacial score (nSPS) is 28.6. The Kier molecular flexibility index (Phi) is 4.54. The van der Waals surface area contributed by atoms with Gasteiger partial charge in [0.2, 0.25) is 11.8 Å². The quantitative estimate of drug-likeness (QED) is 0.642. The molecule has 6 nitrogen and oxygen atoms in total. The van der Waals surface area contributed by atoms with Crippen LogP contribution in [0.2, 0.25) is 0 Å². The second kappa shape index (κ2) is 6.81. The van der Waals surface area contributed by atoms with Gasteiger partial charge in [0.25, 0.3) is 0 Å². The number of hydrogen-bond donors (Lipinski definition) is 1. The number of carbonyl (C=O) groups is 3. The molecule has 4 rings (SSSR count). The van der Waals surface area contributed by atoms with Crippen molar-refractivity contribution in [3.8, 4) is 0 Å². The molecule has 2 heterocycles. The molecule has 6 heteroatoms. The first-order chi connectivity index (χ1) is 13.8. The Morgan fingerprint density at radius 3 is 2.34 bits per heavy atom. The Morgan fingerprint density at radius 2 is 1.72 bits per heavy atom. The van der Waals surface area contributed by atoms with E-state index in [-0.39, 0.29) is 11.8 Å². The van der Waals surface area contributed by atoms with E-state index in [0.717, 1.165) is 16.7 Å². The molecular formula is C23H24N2O4. The Hall–Kier alpha value is -2.99. The van der Waals surface area contributed by atoms with Crippen molar-refractivity contribution in [2.24, 2.45) is 11.8 Å². The van der Waals surface area contributed by atoms with Crippen LogP contribution in [-0.4, -0.2) is 30.4 Å². The van der Waals surface area contributed by atoms with Gasteiger partial charge >= 0.3 is 5.97 Å². The number of nitrogens with zero attached hydrogens (tertiary/aromatic N) is 1. The van der Waals surface area contributed by atoms with E-state index in [1.807, 2.05) is 50.2 Å². The summed E-state index contributed by atoms with van der Waals surface area (Å²) in [5, 5.41) is 3.26. The van der Waals surface area contributed by atoms with Gasteiger partial charge in [-0.25, -0.2) is 4.90 Å². The third-order valence-corrected chi connectivity index (χ3v) is 6.09. The van der Waals surface area contributed by atoms with Crippen LogP contribution in [0.5, 0.6) is 0 Å². The van der Waals surface area contributed by atoms with E-state index < -0.39 is 29.4 Å². The number of benzene rings is 2. The van der Waals surface area contributed by atoms with Crippen LogP contribution in [0.25, 0.3) is 0 Å². The second-order valence-electron chi connectivity index (χ2n) is 8.08. The molecule has 29 heavy (non-hydrogen) atoms. The summed E-state index contributed by atoms with van der Waals surface area (Å²) in [5.41, 5.74) is 2.18. The molecule has 0 aliphatic carbocycles. The average molecular weight is 392 g/mol. The summed E-state index contributed by atoms with van der Waals surface area (Å²) >= 11 is 0. The lowest BCUT2D eigenvalue weighted by molar-refractivity contribution is -0.151. The molecule has 0 unspecified atom stereocenters. The number of ether oxygens (including phenoxy) is 1. The minimum Gasteiger partial charge on any atom is -0.468 e. The number of carbonyl (C=O) groups excluding carboxylic acids is 3. The van der Waals surface area contributed by atoms with Gasteiger partial charge in [-0.1, -0.05) is 47.5 Å². The fraction of sp³-hybridized carbons (Fsp3) is 0.348. The predicted octanol–water partition coefficient (Wildman–Crippen LogP) is 2.69. The molecule has 2 fully saturated rings. The lowest BCUT2D eigenvalue weighted by atomic mass is 9.80. The van der Waals surface area contributed by atoms with E-state index in [4.69, 9.17) is 4.74 Å². The number of esters is 1. The van der Waals surface area contributed by atoms with Crippen molar-refractivity contribution >= 4 is 23.5 Å². The van der Waals surface area contributed by atoms with Crippen LogP contribution in [0.1, 0.15) is 29.7 Å². The standard InChI is InChI=1S/C23H24N2O4/c1-13-8-10-16(11-9-13)25-20(26)17-18(21(25)27)23(3,22(28)29-4)24-19(17)15-7-5-6-14(2)12-15/h5-12,17-19,24H,1-4H3/t17-,18+,19-,23+/m0/s1. The molecule has 0 saturated carbocycles. The van der Waals surface area contributed by atoms with E-state index in [2.05, 4.69) is 5.32 Å². The SMILES string of the molecule is COC(=O)[C@]1(C)N[C@@H](c2cccc(C)c2)[C@H]2C(=O)N(c3ccc(C)cc3)C(=O)[C@@H]21. The maximum absolute atomic E-state index is 13.5. The molecule has 2 aliphatic heterocycles. The number of rotatable bonds is 3. The summed E-state index contributed by atoms with van der Waals surface area (Å²) in [4.78, 5) is 40.8. The summed E-state index contributed by atoms with van der Waals surface area (Å²) in [6.45, 7) is 5.56. The van der Waals surface area contributed by atoms with Crippen LogP contribution in [0.3, 0.4) is 0 Å². The highest BCUT2D eigenvalue weighted by atomic mass is 16.5. The summed E-state index contributed by atoms with van der Waals surface area (Å²) in [6, 6.07) is 14.5. The minimum absolute atomic E-state index is 0.296. The van der Waals surface area contributed by atoms with Gasteiger partial charge in [0.1, 0.15) is 5.54 Å². The zero-order chi connectivity index (χ0) is 20.9. The number of aryl methyl sites for hydroxylation is 2. The van der Waals surface area contributed by atoms with Crippen LogP contribution in [0, 0.1) is 25.7 Å². The van der Waals surface area contributed by atoms with E-state index in [1.165, 1.54) is 12.0 Å². The van der Waals surface area contributed by atoms with Crippen molar-refractivity contribution in [1.82, 2.24) is 5.32 Å². The van der Waals surface area contributed by atoms with Crippen molar-refractivity contribution in [1.29, 1.82) is 0 Å². The summed E-state index contributed by atoms with van der Waals surface area (Å²) in [5.74, 6) is -2.74. The van der Waals surface area contributed by atoms with Crippen molar-refractivity contribution in [3.05, 3.63) is 65.2 Å². The predicted molar refractivity (Wildman–Crippen MR) is 108 cm³/mol.